The summed E-state index contributed by atoms with van der Waals surface area (Å²) in [6.07, 6.45) is -3.69. The minimum absolute atomic E-state index is 0.00962. The van der Waals surface area contributed by atoms with Gasteiger partial charge in [0.2, 0.25) is 5.91 Å². The van der Waals surface area contributed by atoms with Crippen LogP contribution < -0.4 is 10.1 Å². The molecule has 0 spiro atoms. The van der Waals surface area contributed by atoms with Gasteiger partial charge in [0.1, 0.15) is 5.75 Å². The predicted octanol–water partition coefficient (Wildman–Crippen LogP) is 7.77. The summed E-state index contributed by atoms with van der Waals surface area (Å²) in [6, 6.07) is 31.6. The van der Waals surface area contributed by atoms with Crippen LogP contribution in [0.5, 0.6) is 5.75 Å². The van der Waals surface area contributed by atoms with Crippen LogP contribution in [0.4, 0.5) is 13.2 Å². The lowest BCUT2D eigenvalue weighted by atomic mass is 9.90. The summed E-state index contributed by atoms with van der Waals surface area (Å²) < 4.78 is 52.0. The van der Waals surface area contributed by atoms with Gasteiger partial charge >= 0.3 is 6.18 Å². The third-order valence-electron chi connectivity index (χ3n) is 7.40. The van der Waals surface area contributed by atoms with E-state index in [9.17, 15) is 18.0 Å². The first-order chi connectivity index (χ1) is 21.7. The average molecular weight is 639 g/mol. The minimum Gasteiger partial charge on any atom is -0.494 e. The Morgan fingerprint density at radius 1 is 0.889 bits per heavy atom. The molecule has 0 aliphatic carbocycles. The zero-order chi connectivity index (χ0) is 32.1. The molecule has 4 aromatic rings. The molecule has 0 fully saturated rings. The molecule has 0 radical (unpaired) electrons. The van der Waals surface area contributed by atoms with Crippen molar-refractivity contribution in [3.05, 3.63) is 136 Å². The summed E-state index contributed by atoms with van der Waals surface area (Å²) >= 11 is 6.33. The number of hydrogen-bond acceptors (Lipinski definition) is 4. The van der Waals surface area contributed by atoms with Gasteiger partial charge in [0.05, 0.1) is 30.2 Å². The minimum atomic E-state index is -4.54. The molecular formula is C36H38ClF3N2O3. The summed E-state index contributed by atoms with van der Waals surface area (Å²) in [6.45, 7) is 2.65. The van der Waals surface area contributed by atoms with E-state index in [1.165, 1.54) is 6.07 Å². The largest absolute Gasteiger partial charge is 0.494 e. The highest BCUT2D eigenvalue weighted by atomic mass is 35.5. The van der Waals surface area contributed by atoms with Crippen molar-refractivity contribution in [3.8, 4) is 5.75 Å². The summed E-state index contributed by atoms with van der Waals surface area (Å²) in [5.41, 5.74) is 2.65. The lowest BCUT2D eigenvalue weighted by molar-refractivity contribution is -0.137. The molecule has 1 amide bonds. The van der Waals surface area contributed by atoms with Gasteiger partial charge in [-0.25, -0.2) is 0 Å². The van der Waals surface area contributed by atoms with E-state index in [-0.39, 0.29) is 29.8 Å². The van der Waals surface area contributed by atoms with Gasteiger partial charge in [-0.3, -0.25) is 9.69 Å². The second-order valence-electron chi connectivity index (χ2n) is 10.8. The van der Waals surface area contributed by atoms with Crippen LogP contribution in [0.1, 0.15) is 40.2 Å². The SMILES string of the molecule is COCCNC(=O)Cc1cccc(OCCCN(Cc2cccc(C(F)(F)F)c2Cl)CC(c2ccccc2)c2ccccc2)c1. The van der Waals surface area contributed by atoms with Gasteiger partial charge in [-0.2, -0.15) is 13.2 Å². The summed E-state index contributed by atoms with van der Waals surface area (Å²) in [4.78, 5) is 14.3. The van der Waals surface area contributed by atoms with Crippen LogP contribution in [-0.2, 0) is 28.7 Å². The van der Waals surface area contributed by atoms with Gasteiger partial charge in [0.15, 0.2) is 0 Å². The Hall–Kier alpha value is -3.85. The molecule has 0 saturated carbocycles. The molecule has 4 aromatic carbocycles. The maximum absolute atomic E-state index is 13.7. The second-order valence-corrected chi connectivity index (χ2v) is 11.1. The number of hydrogen-bond donors (Lipinski definition) is 1. The smallest absolute Gasteiger partial charge is 0.417 e. The van der Waals surface area contributed by atoms with Crippen LogP contribution >= 0.6 is 11.6 Å². The fourth-order valence-corrected chi connectivity index (χ4v) is 5.49. The Morgan fingerprint density at radius 3 is 2.20 bits per heavy atom. The number of amides is 1. The molecule has 4 rings (SSSR count). The zero-order valence-electron chi connectivity index (χ0n) is 25.2. The maximum atomic E-state index is 13.7. The highest BCUT2D eigenvalue weighted by molar-refractivity contribution is 6.32. The molecule has 0 atom stereocenters. The number of carbonyl (C=O) groups excluding carboxylic acids is 1. The number of carbonyl (C=O) groups is 1. The Morgan fingerprint density at radius 2 is 1.56 bits per heavy atom. The molecular weight excluding hydrogens is 601 g/mol. The summed E-state index contributed by atoms with van der Waals surface area (Å²) in [5, 5.41) is 2.54. The molecule has 0 aliphatic rings. The fourth-order valence-electron chi connectivity index (χ4n) is 5.19. The Labute approximate surface area is 267 Å². The Balaban J connectivity index is 1.48. The summed E-state index contributed by atoms with van der Waals surface area (Å²) in [5.74, 6) is 0.542. The molecule has 0 saturated heterocycles. The predicted molar refractivity (Wildman–Crippen MR) is 172 cm³/mol. The van der Waals surface area contributed by atoms with Crippen LogP contribution in [0.25, 0.3) is 0 Å². The van der Waals surface area contributed by atoms with Gasteiger partial charge in [0, 0.05) is 39.2 Å². The molecule has 0 aromatic heterocycles. The number of benzene rings is 4. The van der Waals surface area contributed by atoms with E-state index in [1.807, 2.05) is 60.7 Å². The van der Waals surface area contributed by atoms with Crippen molar-refractivity contribution in [1.29, 1.82) is 0 Å². The Bertz CT molecular complexity index is 1450. The number of rotatable bonds is 16. The maximum Gasteiger partial charge on any atom is 0.417 e. The quantitative estimate of drug-likeness (QED) is 0.127. The fraction of sp³-hybridized carbons (Fsp3) is 0.306. The first kappa shape index (κ1) is 34.0. The van der Waals surface area contributed by atoms with E-state index >= 15 is 0 Å². The van der Waals surface area contributed by atoms with Crippen LogP contribution in [-0.4, -0.2) is 50.8 Å². The molecule has 238 valence electrons. The van der Waals surface area contributed by atoms with E-state index in [0.29, 0.717) is 50.6 Å². The van der Waals surface area contributed by atoms with Gasteiger partial charge < -0.3 is 14.8 Å². The molecule has 5 nitrogen and oxygen atoms in total. The van der Waals surface area contributed by atoms with Crippen molar-refractivity contribution >= 4 is 17.5 Å². The summed E-state index contributed by atoms with van der Waals surface area (Å²) in [7, 11) is 1.58. The van der Waals surface area contributed by atoms with Crippen LogP contribution in [0.3, 0.4) is 0 Å². The zero-order valence-corrected chi connectivity index (χ0v) is 26.0. The van der Waals surface area contributed by atoms with Gasteiger partial charge in [-0.05, 0) is 46.9 Å². The van der Waals surface area contributed by atoms with Crippen LogP contribution in [0.15, 0.2) is 103 Å². The van der Waals surface area contributed by atoms with E-state index in [1.54, 1.807) is 13.2 Å². The van der Waals surface area contributed by atoms with Crippen LogP contribution in [0, 0.1) is 0 Å². The molecule has 9 heteroatoms. The Kier molecular flexibility index (Phi) is 12.9. The molecule has 0 bridgehead atoms. The van der Waals surface area contributed by atoms with Crippen molar-refractivity contribution < 1.29 is 27.4 Å². The van der Waals surface area contributed by atoms with Crippen molar-refractivity contribution in [2.24, 2.45) is 0 Å². The number of ether oxygens (including phenoxy) is 2. The van der Waals surface area contributed by atoms with Crippen LogP contribution in [0.2, 0.25) is 5.02 Å². The van der Waals surface area contributed by atoms with Crippen molar-refractivity contribution in [3.63, 3.8) is 0 Å². The van der Waals surface area contributed by atoms with Gasteiger partial charge in [-0.1, -0.05) is 96.5 Å². The lowest BCUT2D eigenvalue weighted by Gasteiger charge is -2.29. The monoisotopic (exact) mass is 638 g/mol. The van der Waals surface area contributed by atoms with Crippen molar-refractivity contribution in [2.75, 3.05) is 40.0 Å². The standard InChI is InChI=1S/C36H38ClF3N2O3/c1-44-22-19-41-34(43)24-27-11-8-17-31(23-27)45-21-10-20-42(25-30-16-9-18-33(35(30)37)36(38,39)40)26-32(28-12-4-2-5-13-28)29-14-6-3-7-15-29/h2-9,11-18,23,32H,10,19-22,24-26H2,1H3,(H,41,43). The first-order valence-electron chi connectivity index (χ1n) is 14.9. The highest BCUT2D eigenvalue weighted by Gasteiger charge is 2.34. The molecule has 45 heavy (non-hydrogen) atoms. The van der Waals surface area contributed by atoms with Gasteiger partial charge in [-0.15, -0.1) is 0 Å². The normalized spacial score (nSPS) is 11.6. The number of halogens is 4. The number of alkyl halides is 3. The molecule has 0 aliphatic heterocycles. The number of nitrogens with one attached hydrogen (secondary N) is 1. The van der Waals surface area contributed by atoms with Crippen molar-refractivity contribution in [1.82, 2.24) is 10.2 Å². The lowest BCUT2D eigenvalue weighted by Crippen LogP contribution is -2.31. The second kappa shape index (κ2) is 17.0. The topological polar surface area (TPSA) is 50.8 Å². The first-order valence-corrected chi connectivity index (χ1v) is 15.3. The van der Waals surface area contributed by atoms with E-state index in [0.717, 1.165) is 22.8 Å². The third kappa shape index (κ3) is 10.6. The molecule has 0 unspecified atom stereocenters. The van der Waals surface area contributed by atoms with Crippen molar-refractivity contribution in [2.45, 2.75) is 31.5 Å². The molecule has 0 heterocycles. The van der Waals surface area contributed by atoms with Gasteiger partial charge in [0.25, 0.3) is 0 Å². The van der Waals surface area contributed by atoms with E-state index in [2.05, 4.69) is 34.5 Å². The van der Waals surface area contributed by atoms with E-state index < -0.39 is 11.7 Å². The average Bonchev–Trinajstić information content (AvgIpc) is 3.03. The van der Waals surface area contributed by atoms with E-state index in [4.69, 9.17) is 21.1 Å². The number of nitrogens with zero attached hydrogens (tertiary/aromatic N) is 1. The highest BCUT2D eigenvalue weighted by Crippen LogP contribution is 2.37. The molecule has 1 N–H and O–H groups in total. The number of methoxy groups -OCH3 is 1. The third-order valence-corrected chi connectivity index (χ3v) is 7.85.